The average Bonchev–Trinajstić information content (AvgIpc) is 2.62. The molecule has 4 nitrogen and oxygen atoms in total. The van der Waals surface area contributed by atoms with E-state index in [2.05, 4.69) is 0 Å². The maximum atomic E-state index is 14.1. The lowest BCUT2D eigenvalue weighted by Crippen LogP contribution is -2.57. The molecular formula is C16H20F14N2O2S. The molecule has 0 aromatic heterocycles. The molecule has 1 aliphatic rings. The van der Waals surface area contributed by atoms with Gasteiger partial charge in [0.05, 0.1) is 12.4 Å². The lowest BCUT2D eigenvalue weighted by Gasteiger charge is -2.37. The first-order chi connectivity index (χ1) is 15.3. The number of hydrogen-bond acceptors (Lipinski definition) is 3. The zero-order chi connectivity index (χ0) is 27.9. The van der Waals surface area contributed by atoms with Crippen LogP contribution in [0.1, 0.15) is 25.7 Å². The second kappa shape index (κ2) is 9.98. The molecule has 0 atom stereocenters. The molecule has 1 saturated heterocycles. The van der Waals surface area contributed by atoms with Crippen molar-refractivity contribution in [2.75, 3.05) is 32.6 Å². The van der Waals surface area contributed by atoms with Gasteiger partial charge in [-0.2, -0.15) is 57.0 Å². The van der Waals surface area contributed by atoms with Crippen LogP contribution in [0.15, 0.2) is 0 Å². The van der Waals surface area contributed by atoms with Crippen molar-refractivity contribution in [3.05, 3.63) is 0 Å². The van der Waals surface area contributed by atoms with Crippen molar-refractivity contribution >= 4 is 10.0 Å². The fourth-order valence-corrected chi connectivity index (χ4v) is 5.13. The summed E-state index contributed by atoms with van der Waals surface area (Å²) in [5.74, 6) is -4.85. The second-order valence-electron chi connectivity index (χ2n) is 8.22. The van der Waals surface area contributed by atoms with Crippen LogP contribution < -0.4 is 0 Å². The van der Waals surface area contributed by atoms with Gasteiger partial charge in [-0.1, -0.05) is 0 Å². The van der Waals surface area contributed by atoms with Gasteiger partial charge < -0.3 is 0 Å². The SMILES string of the molecule is CN1CCCN(S(=O)(=O)CCC(CC(F)(C(F)(F)F)C(F)(F)F)CC(F)(C(F)(F)F)C(F)(F)F)C1. The van der Waals surface area contributed by atoms with E-state index in [1.165, 1.54) is 11.9 Å². The normalized spacial score (nSPS) is 19.0. The third kappa shape index (κ3) is 7.01. The van der Waals surface area contributed by atoms with Crippen LogP contribution in [0.4, 0.5) is 61.5 Å². The van der Waals surface area contributed by atoms with E-state index in [1.54, 1.807) is 0 Å². The minimum atomic E-state index is -6.87. The van der Waals surface area contributed by atoms with Gasteiger partial charge in [-0.3, -0.25) is 4.90 Å². The molecule has 0 N–H and O–H groups in total. The summed E-state index contributed by atoms with van der Waals surface area (Å²) in [6, 6.07) is 0. The summed E-state index contributed by atoms with van der Waals surface area (Å²) < 4.78 is 209. The highest BCUT2D eigenvalue weighted by molar-refractivity contribution is 7.89. The summed E-state index contributed by atoms with van der Waals surface area (Å²) in [6.07, 6.45) is -35.3. The Bertz CT molecular complexity index is 750. The van der Waals surface area contributed by atoms with Crippen molar-refractivity contribution in [1.29, 1.82) is 0 Å². The van der Waals surface area contributed by atoms with E-state index in [0.29, 0.717) is 10.8 Å². The molecule has 0 aromatic carbocycles. The van der Waals surface area contributed by atoms with Gasteiger partial charge in [0.25, 0.3) is 11.3 Å². The molecule has 1 aliphatic heterocycles. The van der Waals surface area contributed by atoms with E-state index >= 15 is 0 Å². The average molecular weight is 570 g/mol. The van der Waals surface area contributed by atoms with Gasteiger partial charge in [-0.05, 0) is 25.8 Å². The van der Waals surface area contributed by atoms with Crippen molar-refractivity contribution < 1.29 is 69.9 Å². The Kier molecular flexibility index (Phi) is 9.10. The van der Waals surface area contributed by atoms with Crippen molar-refractivity contribution in [1.82, 2.24) is 9.21 Å². The van der Waals surface area contributed by atoms with Crippen molar-refractivity contribution in [2.24, 2.45) is 5.92 Å². The predicted octanol–water partition coefficient (Wildman–Crippen LogP) is 5.36. The largest absolute Gasteiger partial charge is 0.431 e. The van der Waals surface area contributed by atoms with Crippen molar-refractivity contribution in [2.45, 2.75) is 61.7 Å². The predicted molar refractivity (Wildman–Crippen MR) is 91.8 cm³/mol. The summed E-state index contributed by atoms with van der Waals surface area (Å²) in [4.78, 5) is 1.40. The molecule has 0 bridgehead atoms. The summed E-state index contributed by atoms with van der Waals surface area (Å²) in [7, 11) is -3.23. The van der Waals surface area contributed by atoms with Gasteiger partial charge in [-0.25, -0.2) is 17.2 Å². The van der Waals surface area contributed by atoms with E-state index in [-0.39, 0.29) is 19.6 Å². The van der Waals surface area contributed by atoms with Crippen LogP contribution in [-0.4, -0.2) is 86.2 Å². The lowest BCUT2D eigenvalue weighted by atomic mass is 9.81. The molecule has 19 heteroatoms. The maximum absolute atomic E-state index is 14.1. The third-order valence-corrected chi connectivity index (χ3v) is 7.30. The van der Waals surface area contributed by atoms with Gasteiger partial charge in [0.1, 0.15) is 0 Å². The maximum Gasteiger partial charge on any atom is 0.431 e. The summed E-state index contributed by atoms with van der Waals surface area (Å²) in [6.45, 7) is -0.186. The molecule has 210 valence electrons. The number of halogens is 14. The summed E-state index contributed by atoms with van der Waals surface area (Å²) in [5, 5.41) is 0. The second-order valence-corrected chi connectivity index (χ2v) is 10.3. The van der Waals surface area contributed by atoms with E-state index in [9.17, 15) is 69.9 Å². The van der Waals surface area contributed by atoms with Gasteiger partial charge in [0.15, 0.2) is 0 Å². The molecule has 35 heavy (non-hydrogen) atoms. The number of alkyl halides is 14. The highest BCUT2D eigenvalue weighted by Gasteiger charge is 2.75. The molecule has 1 heterocycles. The highest BCUT2D eigenvalue weighted by atomic mass is 32.2. The van der Waals surface area contributed by atoms with Crippen molar-refractivity contribution in [3.8, 4) is 0 Å². The van der Waals surface area contributed by atoms with Gasteiger partial charge in [-0.15, -0.1) is 0 Å². The Labute approximate surface area is 190 Å². The smallest absolute Gasteiger partial charge is 0.293 e. The Hall–Kier alpha value is -1.11. The zero-order valence-corrected chi connectivity index (χ0v) is 18.5. The van der Waals surface area contributed by atoms with Crippen LogP contribution in [0.25, 0.3) is 0 Å². The fraction of sp³-hybridized carbons (Fsp3) is 1.00. The first-order valence-electron chi connectivity index (χ1n) is 9.59. The Balaban J connectivity index is 3.42. The van der Waals surface area contributed by atoms with Gasteiger partial charge in [0, 0.05) is 25.9 Å². The third-order valence-electron chi connectivity index (χ3n) is 5.46. The van der Waals surface area contributed by atoms with Crippen molar-refractivity contribution in [3.63, 3.8) is 0 Å². The van der Waals surface area contributed by atoms with Crippen LogP contribution in [0.3, 0.4) is 0 Å². The molecule has 1 fully saturated rings. The van der Waals surface area contributed by atoms with Gasteiger partial charge >= 0.3 is 24.7 Å². The van der Waals surface area contributed by atoms with Gasteiger partial charge in [0.2, 0.25) is 10.0 Å². The minimum absolute atomic E-state index is 0.199. The minimum Gasteiger partial charge on any atom is -0.293 e. The first kappa shape index (κ1) is 31.9. The van der Waals surface area contributed by atoms with E-state index in [1.807, 2.05) is 0 Å². The fourth-order valence-electron chi connectivity index (χ4n) is 3.46. The first-order valence-corrected chi connectivity index (χ1v) is 11.2. The van der Waals surface area contributed by atoms with Crippen LogP contribution in [-0.2, 0) is 10.0 Å². The van der Waals surface area contributed by atoms with E-state index < -0.39 is 77.0 Å². The standard InChI is InChI=1S/C16H20F14N2O2S/c1-31-4-2-5-32(9-31)35(33,34)6-3-10(7-11(17,13(19,20)21)14(22,23)24)8-12(18,15(25,26)27)16(28,29)30/h10H,2-9H2,1H3. The topological polar surface area (TPSA) is 40.6 Å². The molecule has 0 aromatic rings. The lowest BCUT2D eigenvalue weighted by molar-refractivity contribution is -0.356. The molecule has 1 rings (SSSR count). The molecule has 0 spiro atoms. The summed E-state index contributed by atoms with van der Waals surface area (Å²) >= 11 is 0. The Morgan fingerprint density at radius 1 is 0.686 bits per heavy atom. The number of nitrogens with zero attached hydrogens (tertiary/aromatic N) is 2. The molecule has 0 aliphatic carbocycles. The molecule has 0 saturated carbocycles. The molecule has 0 unspecified atom stereocenters. The van der Waals surface area contributed by atoms with Crippen LogP contribution in [0, 0.1) is 5.92 Å². The molecular weight excluding hydrogens is 550 g/mol. The molecule has 0 radical (unpaired) electrons. The monoisotopic (exact) mass is 570 g/mol. The molecule has 0 amide bonds. The highest BCUT2D eigenvalue weighted by Crippen LogP contribution is 2.54. The Morgan fingerprint density at radius 2 is 1.06 bits per heavy atom. The van der Waals surface area contributed by atoms with Crippen LogP contribution in [0.2, 0.25) is 0 Å². The van der Waals surface area contributed by atoms with Crippen LogP contribution in [0.5, 0.6) is 0 Å². The van der Waals surface area contributed by atoms with E-state index in [4.69, 9.17) is 0 Å². The zero-order valence-electron chi connectivity index (χ0n) is 17.6. The number of hydrogen-bond donors (Lipinski definition) is 0. The Morgan fingerprint density at radius 3 is 1.37 bits per heavy atom. The quantitative estimate of drug-likeness (QED) is 0.369. The number of rotatable bonds is 8. The van der Waals surface area contributed by atoms with Crippen LogP contribution >= 0.6 is 0 Å². The van der Waals surface area contributed by atoms with E-state index in [0.717, 1.165) is 0 Å². The summed E-state index contributed by atoms with van der Waals surface area (Å²) in [5.41, 5.74) is -12.7. The number of sulfonamides is 1.